The van der Waals surface area contributed by atoms with Crippen molar-refractivity contribution in [1.29, 1.82) is 0 Å². The highest BCUT2D eigenvalue weighted by atomic mass is 16.7. The molecular formula is C14H22O6. The molecule has 6 heteroatoms. The van der Waals surface area contributed by atoms with Gasteiger partial charge in [0.2, 0.25) is 0 Å². The molecule has 0 bridgehead atoms. The number of Topliss-reactive ketones (excluding diaryl/α,β-unsaturated/α-hetero) is 1. The summed E-state index contributed by atoms with van der Waals surface area (Å²) >= 11 is 0. The number of hydrogen-bond acceptors (Lipinski definition) is 6. The molecule has 114 valence electrons. The van der Waals surface area contributed by atoms with Crippen LogP contribution in [0.5, 0.6) is 0 Å². The molecule has 1 N–H and O–H groups in total. The minimum Gasteiger partial charge on any atom is -0.469 e. The van der Waals surface area contributed by atoms with Crippen molar-refractivity contribution in [2.45, 2.75) is 32.0 Å². The van der Waals surface area contributed by atoms with Crippen LogP contribution in [0.25, 0.3) is 0 Å². The second-order valence-electron chi connectivity index (χ2n) is 4.70. The Labute approximate surface area is 118 Å². The third-order valence-corrected chi connectivity index (χ3v) is 3.39. The number of esters is 1. The molecular weight excluding hydrogens is 264 g/mol. The molecule has 20 heavy (non-hydrogen) atoms. The molecule has 1 aliphatic heterocycles. The van der Waals surface area contributed by atoms with E-state index in [1.54, 1.807) is 13.2 Å². The molecule has 0 aromatic rings. The predicted octanol–water partition coefficient (Wildman–Crippen LogP) is 0.827. The van der Waals surface area contributed by atoms with Crippen LogP contribution in [0.15, 0.2) is 11.6 Å². The molecule has 0 unspecified atom stereocenters. The van der Waals surface area contributed by atoms with E-state index in [9.17, 15) is 9.59 Å². The van der Waals surface area contributed by atoms with E-state index in [1.165, 1.54) is 7.11 Å². The van der Waals surface area contributed by atoms with Gasteiger partial charge in [-0.15, -0.1) is 0 Å². The summed E-state index contributed by atoms with van der Waals surface area (Å²) in [7, 11) is 2.84. The maximum Gasteiger partial charge on any atom is 0.313 e. The van der Waals surface area contributed by atoms with Crippen LogP contribution in [0.1, 0.15) is 25.7 Å². The van der Waals surface area contributed by atoms with Gasteiger partial charge in [0.25, 0.3) is 0 Å². The number of carbonyl (C=O) groups excluding carboxylic acids is 2. The molecule has 0 amide bonds. The van der Waals surface area contributed by atoms with Crippen LogP contribution in [0, 0.1) is 5.92 Å². The average molecular weight is 286 g/mol. The number of methoxy groups -OCH3 is 2. The van der Waals surface area contributed by atoms with Gasteiger partial charge in [-0.05, 0) is 17.9 Å². The topological polar surface area (TPSA) is 82.1 Å². The molecule has 1 aliphatic rings. The zero-order chi connectivity index (χ0) is 15.0. The molecule has 6 nitrogen and oxygen atoms in total. The molecule has 1 saturated heterocycles. The van der Waals surface area contributed by atoms with Gasteiger partial charge in [-0.3, -0.25) is 9.59 Å². The number of ketones is 1. The van der Waals surface area contributed by atoms with Crippen molar-refractivity contribution in [3.8, 4) is 0 Å². The SMILES string of the molecule is COC(=O)CC(=O)CC[C@H]1C[C@H](OC)OC/C1=C/CO. The Morgan fingerprint density at radius 1 is 1.45 bits per heavy atom. The van der Waals surface area contributed by atoms with Crippen molar-refractivity contribution in [2.75, 3.05) is 27.4 Å². The maximum atomic E-state index is 11.6. The van der Waals surface area contributed by atoms with Crippen LogP contribution in [0.3, 0.4) is 0 Å². The van der Waals surface area contributed by atoms with Gasteiger partial charge in [-0.25, -0.2) is 0 Å². The number of aliphatic hydroxyl groups excluding tert-OH is 1. The maximum absolute atomic E-state index is 11.6. The third-order valence-electron chi connectivity index (χ3n) is 3.39. The number of carbonyl (C=O) groups is 2. The van der Waals surface area contributed by atoms with E-state index in [0.29, 0.717) is 25.9 Å². The average Bonchev–Trinajstić information content (AvgIpc) is 2.46. The fraction of sp³-hybridized carbons (Fsp3) is 0.714. The highest BCUT2D eigenvalue weighted by molar-refractivity contribution is 5.95. The van der Waals surface area contributed by atoms with Crippen molar-refractivity contribution in [1.82, 2.24) is 0 Å². The smallest absolute Gasteiger partial charge is 0.313 e. The molecule has 0 aromatic carbocycles. The minimum atomic E-state index is -0.511. The Bertz CT molecular complexity index is 363. The van der Waals surface area contributed by atoms with Crippen LogP contribution in [-0.4, -0.2) is 50.6 Å². The highest BCUT2D eigenvalue weighted by Crippen LogP contribution is 2.29. The first-order valence-electron chi connectivity index (χ1n) is 6.63. The van der Waals surface area contributed by atoms with Gasteiger partial charge in [0.15, 0.2) is 6.29 Å². The molecule has 0 saturated carbocycles. The second kappa shape index (κ2) is 8.84. The van der Waals surface area contributed by atoms with Gasteiger partial charge in [0, 0.05) is 20.0 Å². The molecule has 1 fully saturated rings. The van der Waals surface area contributed by atoms with Gasteiger partial charge in [0.05, 0.1) is 20.3 Å². The molecule has 0 radical (unpaired) electrons. The monoisotopic (exact) mass is 286 g/mol. The standard InChI is InChI=1S/C14H22O6/c1-18-13(17)8-12(16)4-3-10-7-14(19-2)20-9-11(10)5-6-15/h5,10,14-15H,3-4,6-9H2,1-2H3/b11-5-/t10-,14+/m0/s1. The lowest BCUT2D eigenvalue weighted by molar-refractivity contribution is -0.146. The Morgan fingerprint density at radius 3 is 2.80 bits per heavy atom. The Hall–Kier alpha value is -1.24. The first-order valence-corrected chi connectivity index (χ1v) is 6.63. The van der Waals surface area contributed by atoms with Crippen LogP contribution >= 0.6 is 0 Å². The van der Waals surface area contributed by atoms with Gasteiger partial charge in [-0.2, -0.15) is 0 Å². The summed E-state index contributed by atoms with van der Waals surface area (Å²) in [6.07, 6.45) is 2.80. The van der Waals surface area contributed by atoms with E-state index >= 15 is 0 Å². The summed E-state index contributed by atoms with van der Waals surface area (Å²) in [6, 6.07) is 0. The Kier molecular flexibility index (Phi) is 7.43. The van der Waals surface area contributed by atoms with Crippen LogP contribution in [-0.2, 0) is 23.8 Å². The minimum absolute atomic E-state index is 0.0526. The lowest BCUT2D eigenvalue weighted by atomic mass is 9.88. The van der Waals surface area contributed by atoms with E-state index < -0.39 is 5.97 Å². The second-order valence-corrected chi connectivity index (χ2v) is 4.70. The van der Waals surface area contributed by atoms with Gasteiger partial charge >= 0.3 is 5.97 Å². The van der Waals surface area contributed by atoms with Crippen molar-refractivity contribution >= 4 is 11.8 Å². The summed E-state index contributed by atoms with van der Waals surface area (Å²) in [5, 5.41) is 9.00. The van der Waals surface area contributed by atoms with Crippen LogP contribution < -0.4 is 0 Å². The van der Waals surface area contributed by atoms with E-state index in [0.717, 1.165) is 5.57 Å². The molecule has 0 aliphatic carbocycles. The first-order chi connectivity index (χ1) is 9.60. The van der Waals surface area contributed by atoms with Crippen molar-refractivity contribution < 1.29 is 28.9 Å². The Balaban J connectivity index is 2.50. The van der Waals surface area contributed by atoms with Gasteiger partial charge in [0.1, 0.15) is 12.2 Å². The summed E-state index contributed by atoms with van der Waals surface area (Å²) in [5.74, 6) is -0.522. The zero-order valence-corrected chi connectivity index (χ0v) is 12.0. The zero-order valence-electron chi connectivity index (χ0n) is 12.0. The molecule has 0 spiro atoms. The molecule has 0 aromatic heterocycles. The fourth-order valence-corrected chi connectivity index (χ4v) is 2.23. The predicted molar refractivity (Wildman–Crippen MR) is 70.9 cm³/mol. The van der Waals surface area contributed by atoms with Crippen molar-refractivity contribution in [3.63, 3.8) is 0 Å². The number of hydrogen-bond donors (Lipinski definition) is 1. The number of ether oxygens (including phenoxy) is 3. The van der Waals surface area contributed by atoms with E-state index in [2.05, 4.69) is 4.74 Å². The quantitative estimate of drug-likeness (QED) is 0.424. The Morgan fingerprint density at radius 2 is 2.20 bits per heavy atom. The van der Waals surface area contributed by atoms with Crippen LogP contribution in [0.2, 0.25) is 0 Å². The highest BCUT2D eigenvalue weighted by Gasteiger charge is 2.26. The lowest BCUT2D eigenvalue weighted by Crippen LogP contribution is -2.29. The number of rotatable bonds is 7. The fourth-order valence-electron chi connectivity index (χ4n) is 2.23. The lowest BCUT2D eigenvalue weighted by Gasteiger charge is -2.31. The summed E-state index contributed by atoms with van der Waals surface area (Å²) in [5.41, 5.74) is 0.978. The van der Waals surface area contributed by atoms with Gasteiger partial charge in [-0.1, -0.05) is 6.08 Å². The van der Waals surface area contributed by atoms with E-state index in [1.807, 2.05) is 0 Å². The molecule has 1 heterocycles. The largest absolute Gasteiger partial charge is 0.469 e. The molecule has 2 atom stereocenters. The van der Waals surface area contributed by atoms with Crippen molar-refractivity contribution in [3.05, 3.63) is 11.6 Å². The van der Waals surface area contributed by atoms with E-state index in [-0.39, 0.29) is 31.0 Å². The van der Waals surface area contributed by atoms with Gasteiger partial charge < -0.3 is 19.3 Å². The first kappa shape index (κ1) is 16.8. The summed E-state index contributed by atoms with van der Waals surface area (Å²) in [4.78, 5) is 22.6. The van der Waals surface area contributed by atoms with Crippen LogP contribution in [0.4, 0.5) is 0 Å². The van der Waals surface area contributed by atoms with E-state index in [4.69, 9.17) is 14.6 Å². The summed E-state index contributed by atoms with van der Waals surface area (Å²) in [6.45, 7) is 0.345. The third kappa shape index (κ3) is 5.40. The number of aliphatic hydroxyl groups is 1. The normalized spacial score (nSPS) is 24.6. The van der Waals surface area contributed by atoms with Crippen molar-refractivity contribution in [2.24, 2.45) is 5.92 Å². The summed E-state index contributed by atoms with van der Waals surface area (Å²) < 4.78 is 15.1. The molecule has 1 rings (SSSR count).